The van der Waals surface area contributed by atoms with Crippen molar-refractivity contribution in [2.45, 2.75) is 5.75 Å². The van der Waals surface area contributed by atoms with Crippen molar-refractivity contribution in [1.29, 1.82) is 0 Å². The number of halogens is 2. The Bertz CT molecular complexity index is 394. The fourth-order valence-electron chi connectivity index (χ4n) is 1.84. The third kappa shape index (κ3) is 5.61. The summed E-state index contributed by atoms with van der Waals surface area (Å²) >= 11 is 7.48. The summed E-state index contributed by atoms with van der Waals surface area (Å²) in [4.78, 5) is 13.8. The lowest BCUT2D eigenvalue weighted by atomic mass is 10.2. The first-order valence-electron chi connectivity index (χ1n) is 6.06. The average molecular weight is 321 g/mol. The van der Waals surface area contributed by atoms with Crippen LogP contribution >= 0.6 is 35.8 Å². The lowest BCUT2D eigenvalue weighted by molar-refractivity contribution is -0.128. The highest BCUT2D eigenvalue weighted by Gasteiger charge is 2.15. The Morgan fingerprint density at radius 2 is 1.89 bits per heavy atom. The number of thioether (sulfide) groups is 1. The molecule has 1 saturated heterocycles. The molecule has 1 aromatic rings. The predicted octanol–water partition coefficient (Wildman–Crippen LogP) is 2.43. The van der Waals surface area contributed by atoms with Gasteiger partial charge in [0.1, 0.15) is 0 Å². The van der Waals surface area contributed by atoms with Gasteiger partial charge in [-0.25, -0.2) is 0 Å². The third-order valence-electron chi connectivity index (χ3n) is 2.88. The monoisotopic (exact) mass is 320 g/mol. The topological polar surface area (TPSA) is 32.3 Å². The molecule has 0 aliphatic carbocycles. The summed E-state index contributed by atoms with van der Waals surface area (Å²) in [5.74, 6) is 1.66. The number of hydrogen-bond acceptors (Lipinski definition) is 3. The molecule has 1 amide bonds. The highest BCUT2D eigenvalue weighted by atomic mass is 35.5. The van der Waals surface area contributed by atoms with Crippen LogP contribution in [0.25, 0.3) is 0 Å². The van der Waals surface area contributed by atoms with E-state index in [2.05, 4.69) is 5.32 Å². The summed E-state index contributed by atoms with van der Waals surface area (Å²) in [5.41, 5.74) is 1.21. The van der Waals surface area contributed by atoms with Gasteiger partial charge in [-0.3, -0.25) is 4.79 Å². The lowest BCUT2D eigenvalue weighted by Gasteiger charge is -2.27. The van der Waals surface area contributed by atoms with Crippen LogP contribution in [0.2, 0.25) is 5.02 Å². The van der Waals surface area contributed by atoms with Gasteiger partial charge in [0.2, 0.25) is 5.91 Å². The molecule has 19 heavy (non-hydrogen) atoms. The Morgan fingerprint density at radius 3 is 2.53 bits per heavy atom. The van der Waals surface area contributed by atoms with Crippen molar-refractivity contribution in [3.8, 4) is 0 Å². The second-order valence-corrected chi connectivity index (χ2v) is 5.67. The zero-order valence-electron chi connectivity index (χ0n) is 10.6. The summed E-state index contributed by atoms with van der Waals surface area (Å²) in [6.45, 7) is 3.49. The smallest absolute Gasteiger partial charge is 0.232 e. The molecule has 0 unspecified atom stereocenters. The van der Waals surface area contributed by atoms with Crippen LogP contribution in [0.5, 0.6) is 0 Å². The largest absolute Gasteiger partial charge is 0.339 e. The molecular formula is C13H18Cl2N2OS. The summed E-state index contributed by atoms with van der Waals surface area (Å²) in [5, 5.41) is 3.99. The summed E-state index contributed by atoms with van der Waals surface area (Å²) < 4.78 is 0. The summed E-state index contributed by atoms with van der Waals surface area (Å²) in [6, 6.07) is 7.78. The van der Waals surface area contributed by atoms with Crippen molar-refractivity contribution in [2.75, 3.05) is 31.9 Å². The summed E-state index contributed by atoms with van der Waals surface area (Å²) in [6.07, 6.45) is 0. The molecule has 1 aliphatic rings. The van der Waals surface area contributed by atoms with Crippen molar-refractivity contribution in [3.05, 3.63) is 34.9 Å². The van der Waals surface area contributed by atoms with Crippen molar-refractivity contribution < 1.29 is 4.79 Å². The fraction of sp³-hybridized carbons (Fsp3) is 0.462. The molecule has 106 valence electrons. The van der Waals surface area contributed by atoms with Gasteiger partial charge in [0.15, 0.2) is 0 Å². The maximum Gasteiger partial charge on any atom is 0.232 e. The minimum atomic E-state index is 0. The molecule has 0 saturated carbocycles. The van der Waals surface area contributed by atoms with E-state index < -0.39 is 0 Å². The first-order valence-corrected chi connectivity index (χ1v) is 7.59. The number of carbonyl (C=O) groups excluding carboxylic acids is 1. The van der Waals surface area contributed by atoms with Crippen molar-refractivity contribution in [2.24, 2.45) is 0 Å². The molecule has 1 aromatic carbocycles. The Hall–Kier alpha value is -0.420. The van der Waals surface area contributed by atoms with Gasteiger partial charge in [0.25, 0.3) is 0 Å². The van der Waals surface area contributed by atoms with Crippen LogP contribution in [0.3, 0.4) is 0 Å². The maximum atomic E-state index is 11.9. The van der Waals surface area contributed by atoms with E-state index in [9.17, 15) is 4.79 Å². The number of nitrogens with zero attached hydrogens (tertiary/aromatic N) is 1. The second kappa shape index (κ2) is 8.69. The van der Waals surface area contributed by atoms with Gasteiger partial charge in [-0.05, 0) is 17.7 Å². The van der Waals surface area contributed by atoms with E-state index in [-0.39, 0.29) is 18.3 Å². The van der Waals surface area contributed by atoms with Crippen molar-refractivity contribution >= 4 is 41.7 Å². The normalized spacial score (nSPS) is 14.9. The minimum Gasteiger partial charge on any atom is -0.339 e. The van der Waals surface area contributed by atoms with Crippen molar-refractivity contribution in [3.63, 3.8) is 0 Å². The van der Waals surface area contributed by atoms with Crippen LogP contribution in [-0.2, 0) is 10.5 Å². The predicted molar refractivity (Wildman–Crippen MR) is 84.3 cm³/mol. The van der Waals surface area contributed by atoms with Gasteiger partial charge in [-0.2, -0.15) is 0 Å². The van der Waals surface area contributed by atoms with Crippen molar-refractivity contribution in [1.82, 2.24) is 10.2 Å². The molecule has 3 nitrogen and oxygen atoms in total. The van der Waals surface area contributed by atoms with Gasteiger partial charge in [0, 0.05) is 37.0 Å². The van der Waals surface area contributed by atoms with Gasteiger partial charge in [-0.15, -0.1) is 24.2 Å². The SMILES string of the molecule is Cl.O=C(CSCc1ccc(Cl)cc1)N1CCNCC1. The van der Waals surface area contributed by atoms with Gasteiger partial charge >= 0.3 is 0 Å². The molecule has 0 aromatic heterocycles. The summed E-state index contributed by atoms with van der Waals surface area (Å²) in [7, 11) is 0. The van der Waals surface area contributed by atoms with E-state index in [1.807, 2.05) is 29.2 Å². The number of benzene rings is 1. The molecule has 1 aliphatic heterocycles. The van der Waals surface area contributed by atoms with Crippen LogP contribution in [0.15, 0.2) is 24.3 Å². The van der Waals surface area contributed by atoms with Gasteiger partial charge in [-0.1, -0.05) is 23.7 Å². The van der Waals surface area contributed by atoms with E-state index >= 15 is 0 Å². The first-order chi connectivity index (χ1) is 8.75. The number of hydrogen-bond donors (Lipinski definition) is 1. The molecule has 0 atom stereocenters. The lowest BCUT2D eigenvalue weighted by Crippen LogP contribution is -2.47. The average Bonchev–Trinajstić information content (AvgIpc) is 2.42. The quantitative estimate of drug-likeness (QED) is 0.924. The Labute approximate surface area is 129 Å². The third-order valence-corrected chi connectivity index (χ3v) is 4.12. The number of amides is 1. The van der Waals surface area contributed by atoms with E-state index in [0.717, 1.165) is 37.0 Å². The number of rotatable bonds is 4. The Balaban J connectivity index is 0.00000180. The second-order valence-electron chi connectivity index (χ2n) is 4.25. The van der Waals surface area contributed by atoms with Crippen LogP contribution in [-0.4, -0.2) is 42.7 Å². The number of piperazine rings is 1. The van der Waals surface area contributed by atoms with Gasteiger partial charge in [0.05, 0.1) is 5.75 Å². The van der Waals surface area contributed by atoms with E-state index in [0.29, 0.717) is 5.75 Å². The van der Waals surface area contributed by atoms with Crippen LogP contribution in [0.1, 0.15) is 5.56 Å². The van der Waals surface area contributed by atoms with Crippen LogP contribution in [0, 0.1) is 0 Å². The fourth-order valence-corrected chi connectivity index (χ4v) is 2.86. The molecule has 1 heterocycles. The first kappa shape index (κ1) is 16.6. The van der Waals surface area contributed by atoms with E-state index in [1.54, 1.807) is 11.8 Å². The molecule has 2 rings (SSSR count). The maximum absolute atomic E-state index is 11.9. The number of nitrogens with one attached hydrogen (secondary N) is 1. The molecular weight excluding hydrogens is 303 g/mol. The van der Waals surface area contributed by atoms with Crippen LogP contribution < -0.4 is 5.32 Å². The molecule has 0 bridgehead atoms. The minimum absolute atomic E-state index is 0. The zero-order valence-corrected chi connectivity index (χ0v) is 13.0. The molecule has 0 radical (unpaired) electrons. The molecule has 0 spiro atoms. The highest BCUT2D eigenvalue weighted by Crippen LogP contribution is 2.15. The van der Waals surface area contributed by atoms with E-state index in [1.165, 1.54) is 5.56 Å². The Morgan fingerprint density at radius 1 is 1.26 bits per heavy atom. The molecule has 1 fully saturated rings. The van der Waals surface area contributed by atoms with Crippen LogP contribution in [0.4, 0.5) is 0 Å². The highest BCUT2D eigenvalue weighted by molar-refractivity contribution is 7.99. The van der Waals surface area contributed by atoms with Gasteiger partial charge < -0.3 is 10.2 Å². The molecule has 1 N–H and O–H groups in total. The standard InChI is InChI=1S/C13H17ClN2OS.ClH/c14-12-3-1-11(2-4-12)9-18-10-13(17)16-7-5-15-6-8-16;/h1-4,15H,5-10H2;1H. The number of carbonyl (C=O) groups is 1. The molecule has 6 heteroatoms. The zero-order chi connectivity index (χ0) is 12.8. The Kier molecular flexibility index (Phi) is 7.61. The van der Waals surface area contributed by atoms with E-state index in [4.69, 9.17) is 11.6 Å².